The molecule has 3 heterocycles. The third-order valence-electron chi connectivity index (χ3n) is 7.26. The van der Waals surface area contributed by atoms with Gasteiger partial charge in [-0.3, -0.25) is 15.1 Å². The number of aryl methyl sites for hydroxylation is 1. The fourth-order valence-electron chi connectivity index (χ4n) is 5.12. The summed E-state index contributed by atoms with van der Waals surface area (Å²) in [5, 5.41) is 15.4. The van der Waals surface area contributed by atoms with Crippen molar-refractivity contribution >= 4 is 40.5 Å². The van der Waals surface area contributed by atoms with E-state index in [1.807, 2.05) is 68.7 Å². The van der Waals surface area contributed by atoms with Crippen LogP contribution in [0.25, 0.3) is 0 Å². The van der Waals surface area contributed by atoms with Crippen molar-refractivity contribution in [3.8, 4) is 5.75 Å². The number of anilines is 5. The molecule has 2 aromatic heterocycles. The van der Waals surface area contributed by atoms with Gasteiger partial charge in [0.1, 0.15) is 17.0 Å². The van der Waals surface area contributed by atoms with Crippen molar-refractivity contribution in [1.82, 2.24) is 19.9 Å². The smallest absolute Gasteiger partial charge is 0.343 e. The summed E-state index contributed by atoms with van der Waals surface area (Å²) in [6.07, 6.45) is 0.860. The first-order valence-corrected chi connectivity index (χ1v) is 15.0. The van der Waals surface area contributed by atoms with E-state index in [1.54, 1.807) is 19.9 Å². The molecule has 3 aromatic rings. The van der Waals surface area contributed by atoms with Crippen molar-refractivity contribution in [1.29, 1.82) is 0 Å². The number of nitro benzene ring substituents is 1. The number of benzene rings is 1. The molecule has 0 spiro atoms. The highest BCUT2D eigenvalue weighted by Gasteiger charge is 2.40. The predicted octanol–water partition coefficient (Wildman–Crippen LogP) is 5.61. The van der Waals surface area contributed by atoms with Gasteiger partial charge in [-0.1, -0.05) is 13.8 Å². The largest absolute Gasteiger partial charge is 0.489 e. The van der Waals surface area contributed by atoms with E-state index in [0.29, 0.717) is 42.6 Å². The van der Waals surface area contributed by atoms with Crippen LogP contribution >= 0.6 is 0 Å². The van der Waals surface area contributed by atoms with E-state index in [1.165, 1.54) is 12.3 Å². The van der Waals surface area contributed by atoms with Gasteiger partial charge in [0.05, 0.1) is 34.2 Å². The maximum absolute atomic E-state index is 13.3. The molecule has 0 unspecified atom stereocenters. The molecule has 0 radical (unpaired) electrons. The monoisotopic (exact) mass is 620 g/mol. The van der Waals surface area contributed by atoms with Crippen LogP contribution in [0.2, 0.25) is 0 Å². The molecule has 0 bridgehead atoms. The molecule has 242 valence electrons. The van der Waals surface area contributed by atoms with Crippen LogP contribution in [0.15, 0.2) is 30.5 Å². The van der Waals surface area contributed by atoms with Crippen LogP contribution in [-0.4, -0.2) is 83.7 Å². The second kappa shape index (κ2) is 13.2. The van der Waals surface area contributed by atoms with E-state index >= 15 is 0 Å². The quantitative estimate of drug-likeness (QED) is 0.153. The molecule has 13 nitrogen and oxygen atoms in total. The number of fused-ring (bicyclic) bond motifs is 1. The van der Waals surface area contributed by atoms with Crippen LogP contribution in [0.3, 0.4) is 0 Å². The van der Waals surface area contributed by atoms with Gasteiger partial charge in [0, 0.05) is 56.1 Å². The number of likely N-dealkylation sites (N-methyl/N-ethyl adjacent to an activating group) is 2. The van der Waals surface area contributed by atoms with Gasteiger partial charge < -0.3 is 29.5 Å². The molecule has 0 aliphatic carbocycles. The Morgan fingerprint density at radius 1 is 1.11 bits per heavy atom. The van der Waals surface area contributed by atoms with Crippen molar-refractivity contribution in [3.63, 3.8) is 0 Å². The number of nitro groups is 1. The lowest BCUT2D eigenvalue weighted by molar-refractivity contribution is -0.384. The summed E-state index contributed by atoms with van der Waals surface area (Å²) in [4.78, 5) is 44.9. The summed E-state index contributed by atoms with van der Waals surface area (Å²) in [6, 6.07) is 7.00. The lowest BCUT2D eigenvalue weighted by atomic mass is 9.91. The molecule has 1 aliphatic rings. The fourth-order valence-corrected chi connectivity index (χ4v) is 5.12. The van der Waals surface area contributed by atoms with Gasteiger partial charge in [-0.25, -0.2) is 9.78 Å². The van der Waals surface area contributed by atoms with Crippen molar-refractivity contribution in [2.24, 2.45) is 0 Å². The predicted molar refractivity (Wildman–Crippen MR) is 176 cm³/mol. The Hall–Kier alpha value is -4.52. The Morgan fingerprint density at radius 2 is 1.82 bits per heavy atom. The standard InChI is InChI=1S/C32H44N8O5/c1-19(2)44-27-16-25(38(10)14-13-37(8)9)26(40(42)43)15-23(27)35-31-33-17-22(30(41)45-20(3)4)29(36-31)39-18-32(6,7)28-24(39)12-11-21(5)34-28/h11-12,15-17,19-20H,13-14,18H2,1-10H3,(H,33,35,36). The Labute approximate surface area is 264 Å². The van der Waals surface area contributed by atoms with Crippen LogP contribution in [0.4, 0.5) is 34.5 Å². The van der Waals surface area contributed by atoms with Crippen molar-refractivity contribution < 1.29 is 19.2 Å². The minimum atomic E-state index is -0.553. The molecule has 0 saturated heterocycles. The third kappa shape index (κ3) is 7.59. The van der Waals surface area contributed by atoms with Crippen LogP contribution in [0.1, 0.15) is 63.3 Å². The number of carbonyl (C=O) groups excluding carboxylic acids is 1. The zero-order valence-corrected chi connectivity index (χ0v) is 27.8. The summed E-state index contributed by atoms with van der Waals surface area (Å²) >= 11 is 0. The minimum Gasteiger partial charge on any atom is -0.489 e. The van der Waals surface area contributed by atoms with Gasteiger partial charge in [-0.2, -0.15) is 4.98 Å². The first kappa shape index (κ1) is 33.4. The lowest BCUT2D eigenvalue weighted by Crippen LogP contribution is -2.29. The Balaban J connectivity index is 1.83. The number of hydrogen-bond acceptors (Lipinski definition) is 12. The summed E-state index contributed by atoms with van der Waals surface area (Å²) in [7, 11) is 5.71. The third-order valence-corrected chi connectivity index (χ3v) is 7.26. The Kier molecular flexibility index (Phi) is 9.81. The molecule has 4 rings (SSSR count). The normalized spacial score (nSPS) is 13.8. The molecule has 1 aliphatic heterocycles. The van der Waals surface area contributed by atoms with Crippen LogP contribution in [0.5, 0.6) is 5.75 Å². The number of esters is 1. The second-order valence-corrected chi connectivity index (χ2v) is 12.8. The molecule has 13 heteroatoms. The van der Waals surface area contributed by atoms with Crippen molar-refractivity contribution in [3.05, 3.63) is 57.5 Å². The molecule has 1 N–H and O–H groups in total. The zero-order chi connectivity index (χ0) is 33.2. The van der Waals surface area contributed by atoms with E-state index in [9.17, 15) is 14.9 Å². The summed E-state index contributed by atoms with van der Waals surface area (Å²) < 4.78 is 11.7. The van der Waals surface area contributed by atoms with E-state index in [-0.39, 0.29) is 34.8 Å². The minimum absolute atomic E-state index is 0.0936. The van der Waals surface area contributed by atoms with Gasteiger partial charge >= 0.3 is 5.97 Å². The van der Waals surface area contributed by atoms with E-state index in [4.69, 9.17) is 19.4 Å². The first-order valence-electron chi connectivity index (χ1n) is 15.0. The van der Waals surface area contributed by atoms with Crippen molar-refractivity contribution in [2.75, 3.05) is 55.9 Å². The second-order valence-electron chi connectivity index (χ2n) is 12.8. The van der Waals surface area contributed by atoms with Crippen LogP contribution < -0.4 is 19.9 Å². The highest BCUT2D eigenvalue weighted by atomic mass is 16.6. The number of nitrogens with one attached hydrogen (secondary N) is 1. The molecule has 45 heavy (non-hydrogen) atoms. The number of pyridine rings is 1. The van der Waals surface area contributed by atoms with Crippen LogP contribution in [-0.2, 0) is 10.2 Å². The number of ether oxygens (including phenoxy) is 2. The summed E-state index contributed by atoms with van der Waals surface area (Å²) in [5.41, 5.74) is 3.15. The first-order chi connectivity index (χ1) is 21.1. The van der Waals surface area contributed by atoms with E-state index in [0.717, 1.165) is 17.1 Å². The lowest BCUT2D eigenvalue weighted by Gasteiger charge is -2.25. The van der Waals surface area contributed by atoms with E-state index < -0.39 is 10.9 Å². The number of nitrogens with zero attached hydrogens (tertiary/aromatic N) is 7. The number of rotatable bonds is 12. The van der Waals surface area contributed by atoms with Gasteiger partial charge in [0.25, 0.3) is 5.69 Å². The maximum Gasteiger partial charge on any atom is 0.343 e. The molecule has 0 fully saturated rings. The SMILES string of the molecule is Cc1ccc2c(n1)C(C)(C)CN2c1nc(Nc2cc([N+](=O)[O-])c(N(C)CCN(C)C)cc2OC(C)C)ncc1C(=O)OC(C)C. The van der Waals surface area contributed by atoms with Gasteiger partial charge in [0.2, 0.25) is 5.95 Å². The molecule has 0 atom stereocenters. The summed E-state index contributed by atoms with van der Waals surface area (Å²) in [5.74, 6) is 0.330. The molecule has 0 saturated carbocycles. The number of aromatic nitrogens is 3. The zero-order valence-electron chi connectivity index (χ0n) is 27.8. The van der Waals surface area contributed by atoms with Gasteiger partial charge in [-0.15, -0.1) is 0 Å². The highest BCUT2D eigenvalue weighted by Crippen LogP contribution is 2.44. The Morgan fingerprint density at radius 3 is 2.44 bits per heavy atom. The van der Waals surface area contributed by atoms with Crippen molar-refractivity contribution in [2.45, 2.75) is 66.1 Å². The maximum atomic E-state index is 13.3. The van der Waals surface area contributed by atoms with Gasteiger partial charge in [-0.05, 0) is 60.8 Å². The molecular formula is C32H44N8O5. The molecule has 0 amide bonds. The number of carbonyl (C=O) groups is 1. The number of hydrogen-bond donors (Lipinski definition) is 1. The molecule has 1 aromatic carbocycles. The average Bonchev–Trinajstić information content (AvgIpc) is 3.21. The highest BCUT2D eigenvalue weighted by molar-refractivity contribution is 5.96. The summed E-state index contributed by atoms with van der Waals surface area (Å²) in [6.45, 7) is 15.2. The fraction of sp³-hybridized carbons (Fsp3) is 0.500. The Bertz CT molecular complexity index is 1570. The van der Waals surface area contributed by atoms with Gasteiger partial charge in [0.15, 0.2) is 5.82 Å². The van der Waals surface area contributed by atoms with Crippen LogP contribution in [0, 0.1) is 17.0 Å². The average molecular weight is 621 g/mol. The van der Waals surface area contributed by atoms with E-state index in [2.05, 4.69) is 24.1 Å². The topological polar surface area (TPSA) is 139 Å². The molecular weight excluding hydrogens is 576 g/mol.